The molecule has 1 heterocycles. The van der Waals surface area contributed by atoms with E-state index in [0.29, 0.717) is 13.3 Å². The molecule has 21 heavy (non-hydrogen) atoms. The van der Waals surface area contributed by atoms with E-state index in [0.717, 1.165) is 23.7 Å². The maximum absolute atomic E-state index is 5.96. The summed E-state index contributed by atoms with van der Waals surface area (Å²) in [5.41, 5.74) is 8.34. The Morgan fingerprint density at radius 3 is 2.81 bits per heavy atom. The monoisotopic (exact) mass is 285 g/mol. The highest BCUT2D eigenvalue weighted by molar-refractivity contribution is 5.45. The molecule has 3 rings (SSSR count). The first-order valence-electron chi connectivity index (χ1n) is 7.02. The SMILES string of the molecule is COc1cccc(C(CN)Cc2ccc3c(c2)OCO3)c1. The van der Waals surface area contributed by atoms with Crippen molar-refractivity contribution in [3.63, 3.8) is 0 Å². The third-order valence-corrected chi connectivity index (χ3v) is 3.77. The molecule has 2 aromatic carbocycles. The van der Waals surface area contributed by atoms with Crippen LogP contribution in [0.1, 0.15) is 17.0 Å². The van der Waals surface area contributed by atoms with Gasteiger partial charge in [0.1, 0.15) is 5.75 Å². The molecule has 0 aromatic heterocycles. The molecule has 0 saturated carbocycles. The van der Waals surface area contributed by atoms with Crippen LogP contribution in [0, 0.1) is 0 Å². The van der Waals surface area contributed by atoms with Gasteiger partial charge in [-0.05, 0) is 48.4 Å². The number of nitrogens with two attached hydrogens (primary N) is 1. The maximum Gasteiger partial charge on any atom is 0.231 e. The van der Waals surface area contributed by atoms with E-state index >= 15 is 0 Å². The van der Waals surface area contributed by atoms with Crippen LogP contribution in [0.5, 0.6) is 17.2 Å². The average molecular weight is 285 g/mol. The molecule has 0 saturated heterocycles. The smallest absolute Gasteiger partial charge is 0.231 e. The fraction of sp³-hybridized carbons (Fsp3) is 0.294. The van der Waals surface area contributed by atoms with Gasteiger partial charge >= 0.3 is 0 Å². The molecule has 1 unspecified atom stereocenters. The number of hydrogen-bond donors (Lipinski definition) is 1. The number of hydrogen-bond acceptors (Lipinski definition) is 4. The molecule has 4 heteroatoms. The normalized spacial score (nSPS) is 14.0. The van der Waals surface area contributed by atoms with E-state index in [4.69, 9.17) is 19.9 Å². The Kier molecular flexibility index (Phi) is 3.97. The molecule has 2 N–H and O–H groups in total. The third kappa shape index (κ3) is 2.95. The number of ether oxygens (including phenoxy) is 3. The van der Waals surface area contributed by atoms with E-state index < -0.39 is 0 Å². The summed E-state index contributed by atoms with van der Waals surface area (Å²) in [4.78, 5) is 0. The van der Waals surface area contributed by atoms with Crippen LogP contribution >= 0.6 is 0 Å². The molecule has 2 aromatic rings. The van der Waals surface area contributed by atoms with Crippen LogP contribution in [0.4, 0.5) is 0 Å². The Labute approximate surface area is 124 Å². The van der Waals surface area contributed by atoms with E-state index in [2.05, 4.69) is 12.1 Å². The molecule has 0 aliphatic carbocycles. The van der Waals surface area contributed by atoms with Crippen LogP contribution in [0.3, 0.4) is 0 Å². The zero-order valence-corrected chi connectivity index (χ0v) is 12.0. The summed E-state index contributed by atoms with van der Waals surface area (Å²) in [5, 5.41) is 0. The molecule has 1 aliphatic rings. The van der Waals surface area contributed by atoms with Crippen molar-refractivity contribution < 1.29 is 14.2 Å². The van der Waals surface area contributed by atoms with Crippen molar-refractivity contribution in [2.24, 2.45) is 5.73 Å². The minimum Gasteiger partial charge on any atom is -0.497 e. The topological polar surface area (TPSA) is 53.7 Å². The lowest BCUT2D eigenvalue weighted by Gasteiger charge is -2.16. The molecule has 0 amide bonds. The van der Waals surface area contributed by atoms with Gasteiger partial charge in [0.15, 0.2) is 11.5 Å². The van der Waals surface area contributed by atoms with Crippen LogP contribution in [-0.2, 0) is 6.42 Å². The molecule has 0 fully saturated rings. The van der Waals surface area contributed by atoms with Crippen molar-refractivity contribution in [1.29, 1.82) is 0 Å². The minimum absolute atomic E-state index is 0.250. The van der Waals surface area contributed by atoms with Crippen molar-refractivity contribution in [1.82, 2.24) is 0 Å². The summed E-state index contributed by atoms with van der Waals surface area (Å²) in [6.45, 7) is 0.886. The standard InChI is InChI=1S/C17H19NO3/c1-19-15-4-2-3-13(9-15)14(10-18)7-12-5-6-16-17(8-12)21-11-20-16/h2-6,8-9,14H,7,10-11,18H2,1H3. The largest absolute Gasteiger partial charge is 0.497 e. The summed E-state index contributed by atoms with van der Waals surface area (Å²) in [6, 6.07) is 14.1. The molecule has 0 spiro atoms. The second kappa shape index (κ2) is 6.06. The van der Waals surface area contributed by atoms with Crippen molar-refractivity contribution in [2.75, 3.05) is 20.4 Å². The lowest BCUT2D eigenvalue weighted by molar-refractivity contribution is 0.174. The van der Waals surface area contributed by atoms with Crippen LogP contribution in [-0.4, -0.2) is 20.4 Å². The lowest BCUT2D eigenvalue weighted by Crippen LogP contribution is -2.15. The van der Waals surface area contributed by atoms with Crippen LogP contribution < -0.4 is 19.9 Å². The Morgan fingerprint density at radius 2 is 2.00 bits per heavy atom. The van der Waals surface area contributed by atoms with Crippen LogP contribution in [0.15, 0.2) is 42.5 Å². The van der Waals surface area contributed by atoms with E-state index in [1.807, 2.05) is 30.3 Å². The summed E-state index contributed by atoms with van der Waals surface area (Å²) in [5.74, 6) is 2.73. The quantitative estimate of drug-likeness (QED) is 0.917. The van der Waals surface area contributed by atoms with Crippen molar-refractivity contribution in [3.05, 3.63) is 53.6 Å². The molecule has 0 bridgehead atoms. The van der Waals surface area contributed by atoms with Gasteiger partial charge in [-0.15, -0.1) is 0 Å². The highest BCUT2D eigenvalue weighted by Crippen LogP contribution is 2.34. The van der Waals surface area contributed by atoms with Gasteiger partial charge in [-0.2, -0.15) is 0 Å². The second-order valence-corrected chi connectivity index (χ2v) is 5.10. The van der Waals surface area contributed by atoms with Gasteiger partial charge in [-0.1, -0.05) is 18.2 Å². The highest BCUT2D eigenvalue weighted by atomic mass is 16.7. The summed E-state index contributed by atoms with van der Waals surface area (Å²) >= 11 is 0. The zero-order valence-electron chi connectivity index (χ0n) is 12.0. The molecule has 0 radical (unpaired) electrons. The molecule has 1 atom stereocenters. The highest BCUT2D eigenvalue weighted by Gasteiger charge is 2.16. The van der Waals surface area contributed by atoms with Gasteiger partial charge in [0.25, 0.3) is 0 Å². The average Bonchev–Trinajstić information content (AvgIpc) is 3.00. The predicted octanol–water partition coefficient (Wildman–Crippen LogP) is 2.71. The fourth-order valence-electron chi connectivity index (χ4n) is 2.59. The first kappa shape index (κ1) is 13.8. The number of methoxy groups -OCH3 is 1. The Hall–Kier alpha value is -2.20. The summed E-state index contributed by atoms with van der Waals surface area (Å²) in [6.07, 6.45) is 0.861. The molecule has 4 nitrogen and oxygen atoms in total. The fourth-order valence-corrected chi connectivity index (χ4v) is 2.59. The Bertz CT molecular complexity index is 627. The third-order valence-electron chi connectivity index (χ3n) is 3.77. The number of benzene rings is 2. The van der Waals surface area contributed by atoms with E-state index in [1.54, 1.807) is 7.11 Å². The minimum atomic E-state index is 0.250. The van der Waals surface area contributed by atoms with Crippen molar-refractivity contribution in [3.8, 4) is 17.2 Å². The first-order valence-corrected chi connectivity index (χ1v) is 7.02. The summed E-state index contributed by atoms with van der Waals surface area (Å²) in [7, 11) is 1.68. The van der Waals surface area contributed by atoms with E-state index in [-0.39, 0.29) is 5.92 Å². The molecule has 1 aliphatic heterocycles. The van der Waals surface area contributed by atoms with Gasteiger partial charge in [-0.25, -0.2) is 0 Å². The first-order chi connectivity index (χ1) is 10.3. The van der Waals surface area contributed by atoms with Gasteiger partial charge in [0.05, 0.1) is 7.11 Å². The zero-order chi connectivity index (χ0) is 14.7. The maximum atomic E-state index is 5.96. The van der Waals surface area contributed by atoms with E-state index in [9.17, 15) is 0 Å². The predicted molar refractivity (Wildman–Crippen MR) is 81.1 cm³/mol. The second-order valence-electron chi connectivity index (χ2n) is 5.10. The molecule has 110 valence electrons. The van der Waals surface area contributed by atoms with Crippen LogP contribution in [0.25, 0.3) is 0 Å². The van der Waals surface area contributed by atoms with Gasteiger partial charge in [-0.3, -0.25) is 0 Å². The molecular formula is C17H19NO3. The summed E-state index contributed by atoms with van der Waals surface area (Å²) < 4.78 is 16.0. The van der Waals surface area contributed by atoms with E-state index in [1.165, 1.54) is 11.1 Å². The van der Waals surface area contributed by atoms with Crippen molar-refractivity contribution in [2.45, 2.75) is 12.3 Å². The lowest BCUT2D eigenvalue weighted by atomic mass is 9.92. The Morgan fingerprint density at radius 1 is 1.14 bits per heavy atom. The van der Waals surface area contributed by atoms with Crippen LogP contribution in [0.2, 0.25) is 0 Å². The van der Waals surface area contributed by atoms with Gasteiger partial charge < -0.3 is 19.9 Å². The van der Waals surface area contributed by atoms with Gasteiger partial charge in [0, 0.05) is 5.92 Å². The Balaban J connectivity index is 1.80. The van der Waals surface area contributed by atoms with Crippen molar-refractivity contribution >= 4 is 0 Å². The number of rotatable bonds is 5. The van der Waals surface area contributed by atoms with Gasteiger partial charge in [0.2, 0.25) is 6.79 Å². The molecular weight excluding hydrogens is 266 g/mol. The number of fused-ring (bicyclic) bond motifs is 1.